The molecule has 0 aliphatic carbocycles. The normalized spacial score (nSPS) is 19.7. The predicted molar refractivity (Wildman–Crippen MR) is 106 cm³/mol. The smallest absolute Gasteiger partial charge is 0.324 e. The molecule has 0 atom stereocenters. The highest BCUT2D eigenvalue weighted by atomic mass is 16.5. The van der Waals surface area contributed by atoms with Crippen molar-refractivity contribution in [3.8, 4) is 5.75 Å². The van der Waals surface area contributed by atoms with Gasteiger partial charge >= 0.3 is 6.03 Å². The van der Waals surface area contributed by atoms with Crippen molar-refractivity contribution >= 4 is 28.7 Å². The lowest BCUT2D eigenvalue weighted by Gasteiger charge is -2.35. The third-order valence-corrected chi connectivity index (χ3v) is 5.51. The number of hydrogen-bond acceptors (Lipinski definition) is 6. The number of anilines is 2. The number of morpholine rings is 1. The molecule has 1 aromatic heterocycles. The monoisotopic (exact) mass is 389 g/mol. The Morgan fingerprint density at radius 1 is 1.29 bits per heavy atom. The summed E-state index contributed by atoms with van der Waals surface area (Å²) in [4.78, 5) is 24.4. The number of nitrogens with zero attached hydrogens (tertiary/aromatic N) is 3. The lowest BCUT2D eigenvalue weighted by atomic mass is 9.94. The molecule has 2 aromatic rings. The van der Waals surface area contributed by atoms with Crippen LogP contribution in [-0.2, 0) is 4.74 Å². The molecule has 0 bridgehead atoms. The van der Waals surface area contributed by atoms with Crippen LogP contribution in [0, 0.1) is 0 Å². The molecule has 2 aliphatic heterocycles. The van der Waals surface area contributed by atoms with Crippen molar-refractivity contribution in [2.24, 2.45) is 0 Å². The molecule has 0 spiro atoms. The topological polar surface area (TPSA) is 103 Å². The molecule has 0 unspecified atom stereocenters. The summed E-state index contributed by atoms with van der Waals surface area (Å²) in [7, 11) is 1.61. The van der Waals surface area contributed by atoms with E-state index >= 15 is 0 Å². The van der Waals surface area contributed by atoms with Crippen molar-refractivity contribution < 1.29 is 19.4 Å². The predicted octanol–water partition coefficient (Wildman–Crippen LogP) is 1.79. The number of urea groups is 1. The number of imidazole rings is 1. The summed E-state index contributed by atoms with van der Waals surface area (Å²) in [5.41, 5.74) is 1.81. The number of carbonyl (C=O) groups is 1. The summed E-state index contributed by atoms with van der Waals surface area (Å²) in [6.07, 6.45) is 1.13. The van der Waals surface area contributed by atoms with Gasteiger partial charge in [0.05, 0.1) is 31.6 Å². The van der Waals surface area contributed by atoms with Crippen LogP contribution in [-0.4, -0.2) is 78.1 Å². The van der Waals surface area contributed by atoms with Crippen molar-refractivity contribution in [2.75, 3.05) is 56.7 Å². The van der Waals surface area contributed by atoms with Crippen LogP contribution in [0.4, 0.5) is 16.4 Å². The number of benzene rings is 1. The molecule has 9 nitrogen and oxygen atoms in total. The van der Waals surface area contributed by atoms with Gasteiger partial charge in [-0.2, -0.15) is 0 Å². The molecule has 3 heterocycles. The average molecular weight is 389 g/mol. The Bertz CT molecular complexity index is 849. The van der Waals surface area contributed by atoms with Gasteiger partial charge in [0.25, 0.3) is 0 Å². The number of rotatable bonds is 3. The van der Waals surface area contributed by atoms with E-state index in [1.165, 1.54) is 0 Å². The molecule has 2 amide bonds. The standard InChI is InChI=1S/C19H27N5O4/c1-19(26)5-7-24(8-6-19)18(25)22-17-20-15-13(23-9-11-28-12-10-23)3-4-14(27-2)16(15)21-17/h3-4,26H,5-12H2,1-2H3,(H2,20,21,22,25). The van der Waals surface area contributed by atoms with Crippen molar-refractivity contribution in [1.82, 2.24) is 14.9 Å². The van der Waals surface area contributed by atoms with Crippen molar-refractivity contribution in [2.45, 2.75) is 25.4 Å². The van der Waals surface area contributed by atoms with E-state index < -0.39 is 5.60 Å². The van der Waals surface area contributed by atoms with Gasteiger partial charge in [0, 0.05) is 26.2 Å². The van der Waals surface area contributed by atoms with Gasteiger partial charge in [0.1, 0.15) is 16.8 Å². The number of piperidine rings is 1. The fourth-order valence-electron chi connectivity index (χ4n) is 3.71. The quantitative estimate of drug-likeness (QED) is 0.740. The highest BCUT2D eigenvalue weighted by Gasteiger charge is 2.30. The van der Waals surface area contributed by atoms with Gasteiger partial charge in [-0.1, -0.05) is 0 Å². The molecule has 28 heavy (non-hydrogen) atoms. The van der Waals surface area contributed by atoms with Crippen molar-refractivity contribution in [3.63, 3.8) is 0 Å². The molecule has 0 radical (unpaired) electrons. The van der Waals surface area contributed by atoms with Gasteiger partial charge in [0.2, 0.25) is 5.95 Å². The Hall–Kier alpha value is -2.52. The van der Waals surface area contributed by atoms with Gasteiger partial charge < -0.3 is 29.4 Å². The molecule has 1 aromatic carbocycles. The minimum Gasteiger partial charge on any atom is -0.494 e. The first-order valence-corrected chi connectivity index (χ1v) is 9.64. The van der Waals surface area contributed by atoms with Crippen molar-refractivity contribution in [3.05, 3.63) is 12.1 Å². The van der Waals surface area contributed by atoms with Crippen LogP contribution in [0.3, 0.4) is 0 Å². The number of methoxy groups -OCH3 is 1. The maximum atomic E-state index is 12.6. The Labute approximate surface area is 163 Å². The zero-order chi connectivity index (χ0) is 19.7. The Balaban J connectivity index is 1.57. The van der Waals surface area contributed by atoms with Crippen LogP contribution in [0.25, 0.3) is 11.0 Å². The average Bonchev–Trinajstić information content (AvgIpc) is 3.11. The van der Waals surface area contributed by atoms with E-state index in [0.29, 0.717) is 50.8 Å². The first-order chi connectivity index (χ1) is 13.5. The number of ether oxygens (including phenoxy) is 2. The van der Waals surface area contributed by atoms with E-state index in [1.807, 2.05) is 12.1 Å². The number of likely N-dealkylation sites (tertiary alicyclic amines) is 1. The van der Waals surface area contributed by atoms with E-state index in [2.05, 4.69) is 20.2 Å². The van der Waals surface area contributed by atoms with Crippen molar-refractivity contribution in [1.29, 1.82) is 0 Å². The molecule has 0 saturated carbocycles. The zero-order valence-electron chi connectivity index (χ0n) is 16.3. The number of aliphatic hydroxyl groups is 1. The summed E-state index contributed by atoms with van der Waals surface area (Å²) < 4.78 is 10.9. The number of hydrogen-bond donors (Lipinski definition) is 3. The lowest BCUT2D eigenvalue weighted by Crippen LogP contribution is -2.46. The molecular formula is C19H27N5O4. The van der Waals surface area contributed by atoms with Crippen LogP contribution >= 0.6 is 0 Å². The number of aromatic amines is 1. The second-order valence-electron chi connectivity index (χ2n) is 7.61. The number of fused-ring (bicyclic) bond motifs is 1. The first kappa shape index (κ1) is 18.8. The Kier molecular flexibility index (Phi) is 5.03. The molecule has 9 heteroatoms. The summed E-state index contributed by atoms with van der Waals surface area (Å²) in [5.74, 6) is 1.06. The second-order valence-corrected chi connectivity index (χ2v) is 7.61. The zero-order valence-corrected chi connectivity index (χ0v) is 16.3. The molecule has 2 saturated heterocycles. The number of carbonyl (C=O) groups excluding carboxylic acids is 1. The fraction of sp³-hybridized carbons (Fsp3) is 0.579. The van der Waals surface area contributed by atoms with E-state index in [1.54, 1.807) is 18.9 Å². The van der Waals surface area contributed by atoms with Crippen LogP contribution in [0.1, 0.15) is 19.8 Å². The van der Waals surface area contributed by atoms with Gasteiger partial charge in [0.15, 0.2) is 0 Å². The molecular weight excluding hydrogens is 362 g/mol. The van der Waals surface area contributed by atoms with Gasteiger partial charge in [-0.05, 0) is 31.9 Å². The fourth-order valence-corrected chi connectivity index (χ4v) is 3.71. The molecule has 152 valence electrons. The first-order valence-electron chi connectivity index (χ1n) is 9.64. The summed E-state index contributed by atoms with van der Waals surface area (Å²) in [5, 5.41) is 12.9. The van der Waals surface area contributed by atoms with Gasteiger partial charge in [-0.25, -0.2) is 9.78 Å². The van der Waals surface area contributed by atoms with Gasteiger partial charge in [-0.15, -0.1) is 0 Å². The SMILES string of the molecule is COc1ccc(N2CCOCC2)c2nc(NC(=O)N3CCC(C)(O)CC3)[nH]c12. The molecule has 3 N–H and O–H groups in total. The minimum atomic E-state index is -0.698. The van der Waals surface area contributed by atoms with Crippen LogP contribution in [0.5, 0.6) is 5.75 Å². The van der Waals surface area contributed by atoms with Gasteiger partial charge in [-0.3, -0.25) is 5.32 Å². The Morgan fingerprint density at radius 3 is 2.68 bits per heavy atom. The van der Waals surface area contributed by atoms with Crippen LogP contribution in [0.15, 0.2) is 12.1 Å². The van der Waals surface area contributed by atoms with E-state index in [4.69, 9.17) is 9.47 Å². The summed E-state index contributed by atoms with van der Waals surface area (Å²) in [6.45, 7) is 5.79. The van der Waals surface area contributed by atoms with E-state index in [9.17, 15) is 9.90 Å². The number of amides is 2. The van der Waals surface area contributed by atoms with Crippen LogP contribution in [0.2, 0.25) is 0 Å². The highest BCUT2D eigenvalue weighted by molar-refractivity contribution is 5.97. The number of nitrogens with one attached hydrogen (secondary N) is 2. The lowest BCUT2D eigenvalue weighted by molar-refractivity contribution is 0.00569. The second kappa shape index (κ2) is 7.48. The molecule has 4 rings (SSSR count). The van der Waals surface area contributed by atoms with Crippen LogP contribution < -0.4 is 15.0 Å². The molecule has 2 fully saturated rings. The molecule has 2 aliphatic rings. The largest absolute Gasteiger partial charge is 0.494 e. The third kappa shape index (κ3) is 3.72. The number of aromatic nitrogens is 2. The third-order valence-electron chi connectivity index (χ3n) is 5.51. The van der Waals surface area contributed by atoms with E-state index in [0.717, 1.165) is 29.8 Å². The minimum absolute atomic E-state index is 0.221. The highest BCUT2D eigenvalue weighted by Crippen LogP contribution is 2.33. The maximum absolute atomic E-state index is 12.6. The Morgan fingerprint density at radius 2 is 2.00 bits per heavy atom. The number of H-pyrrole nitrogens is 1. The maximum Gasteiger partial charge on any atom is 0.324 e. The van der Waals surface area contributed by atoms with E-state index in [-0.39, 0.29) is 6.03 Å². The summed E-state index contributed by atoms with van der Waals surface area (Å²) >= 11 is 0. The summed E-state index contributed by atoms with van der Waals surface area (Å²) in [6, 6.07) is 3.68.